The highest BCUT2D eigenvalue weighted by atomic mass is 16.5. The van der Waals surface area contributed by atoms with Gasteiger partial charge in [0.1, 0.15) is 5.69 Å². The molecular weight excluding hydrogens is 340 g/mol. The second-order valence-corrected chi connectivity index (χ2v) is 6.50. The number of nitrogens with one attached hydrogen (secondary N) is 1. The fourth-order valence-corrected chi connectivity index (χ4v) is 3.12. The third-order valence-electron chi connectivity index (χ3n) is 4.59. The largest absolute Gasteiger partial charge is 0.361 e. The van der Waals surface area contributed by atoms with Crippen LogP contribution >= 0.6 is 0 Å². The number of carbonyl (C=O) groups is 1. The molecule has 0 bridgehead atoms. The van der Waals surface area contributed by atoms with Gasteiger partial charge in [0.2, 0.25) is 5.91 Å². The maximum Gasteiger partial charge on any atom is 0.223 e. The molecule has 0 unspecified atom stereocenters. The molecule has 3 heterocycles. The number of benzene rings is 1. The molecule has 0 atom stereocenters. The lowest BCUT2D eigenvalue weighted by atomic mass is 10.1. The molecule has 1 amide bonds. The van der Waals surface area contributed by atoms with Crippen molar-refractivity contribution in [3.8, 4) is 11.4 Å². The summed E-state index contributed by atoms with van der Waals surface area (Å²) in [6.07, 6.45) is 4.83. The standard InChI is InChI=1S/C21H20N4O2/c1-25(14-16-12-20(24-27-16)19-8-4-5-11-22-19)21(26)10-9-15-13-23-18-7-3-2-6-17(15)18/h2-8,11-13,23H,9-10,14H2,1H3. The highest BCUT2D eigenvalue weighted by Gasteiger charge is 2.14. The predicted octanol–water partition coefficient (Wildman–Crippen LogP) is 3.81. The van der Waals surface area contributed by atoms with E-state index in [0.717, 1.165) is 16.8 Å². The molecule has 0 aliphatic carbocycles. The highest BCUT2D eigenvalue weighted by Crippen LogP contribution is 2.20. The van der Waals surface area contributed by atoms with E-state index in [2.05, 4.69) is 21.2 Å². The van der Waals surface area contributed by atoms with Crippen molar-refractivity contribution in [2.45, 2.75) is 19.4 Å². The van der Waals surface area contributed by atoms with Crippen LogP contribution in [0.2, 0.25) is 0 Å². The summed E-state index contributed by atoms with van der Waals surface area (Å²) in [5, 5.41) is 5.21. The molecule has 0 fully saturated rings. The number of hydrogen-bond acceptors (Lipinski definition) is 4. The number of H-pyrrole nitrogens is 1. The molecule has 6 nitrogen and oxygen atoms in total. The summed E-state index contributed by atoms with van der Waals surface area (Å²) in [6.45, 7) is 0.381. The molecule has 6 heteroatoms. The van der Waals surface area contributed by atoms with Crippen LogP contribution in [0.5, 0.6) is 0 Å². The van der Waals surface area contributed by atoms with Gasteiger partial charge < -0.3 is 14.4 Å². The molecule has 4 rings (SSSR count). The zero-order valence-electron chi connectivity index (χ0n) is 15.1. The van der Waals surface area contributed by atoms with Gasteiger partial charge >= 0.3 is 0 Å². The maximum absolute atomic E-state index is 12.5. The van der Waals surface area contributed by atoms with Gasteiger partial charge in [-0.3, -0.25) is 9.78 Å². The van der Waals surface area contributed by atoms with Gasteiger partial charge in [0.25, 0.3) is 0 Å². The first-order chi connectivity index (χ1) is 13.2. The molecule has 27 heavy (non-hydrogen) atoms. The number of aromatic amines is 1. The third-order valence-corrected chi connectivity index (χ3v) is 4.59. The zero-order chi connectivity index (χ0) is 18.6. The van der Waals surface area contributed by atoms with Crippen molar-refractivity contribution >= 4 is 16.8 Å². The summed E-state index contributed by atoms with van der Waals surface area (Å²) in [4.78, 5) is 21.7. The Morgan fingerprint density at radius 2 is 2.00 bits per heavy atom. The summed E-state index contributed by atoms with van der Waals surface area (Å²) < 4.78 is 5.36. The second-order valence-electron chi connectivity index (χ2n) is 6.50. The van der Waals surface area contributed by atoms with Gasteiger partial charge in [-0.2, -0.15) is 0 Å². The van der Waals surface area contributed by atoms with E-state index in [1.54, 1.807) is 18.1 Å². The Kier molecular flexibility index (Phi) is 4.70. The number of amides is 1. The van der Waals surface area contributed by atoms with Crippen LogP contribution in [-0.2, 0) is 17.8 Å². The number of aryl methyl sites for hydroxylation is 1. The van der Waals surface area contributed by atoms with Crippen LogP contribution in [0.4, 0.5) is 0 Å². The lowest BCUT2D eigenvalue weighted by Crippen LogP contribution is -2.26. The zero-order valence-corrected chi connectivity index (χ0v) is 15.1. The Morgan fingerprint density at radius 3 is 2.85 bits per heavy atom. The van der Waals surface area contributed by atoms with Gasteiger partial charge in [-0.25, -0.2) is 0 Å². The van der Waals surface area contributed by atoms with Crippen molar-refractivity contribution in [2.75, 3.05) is 7.05 Å². The van der Waals surface area contributed by atoms with Gasteiger partial charge in [-0.15, -0.1) is 0 Å². The fourth-order valence-electron chi connectivity index (χ4n) is 3.12. The summed E-state index contributed by atoms with van der Waals surface area (Å²) in [6, 6.07) is 15.6. The summed E-state index contributed by atoms with van der Waals surface area (Å²) >= 11 is 0. The Balaban J connectivity index is 1.36. The van der Waals surface area contributed by atoms with Crippen LogP contribution in [0.15, 0.2) is 65.4 Å². The van der Waals surface area contributed by atoms with E-state index in [1.165, 1.54) is 5.39 Å². The number of para-hydroxylation sites is 1. The van der Waals surface area contributed by atoms with Gasteiger partial charge in [-0.05, 0) is 30.2 Å². The molecule has 0 radical (unpaired) electrons. The van der Waals surface area contributed by atoms with E-state index in [0.29, 0.717) is 30.8 Å². The van der Waals surface area contributed by atoms with E-state index < -0.39 is 0 Å². The van der Waals surface area contributed by atoms with E-state index in [-0.39, 0.29) is 5.91 Å². The lowest BCUT2D eigenvalue weighted by Gasteiger charge is -2.15. The van der Waals surface area contributed by atoms with Crippen molar-refractivity contribution in [3.05, 3.63) is 72.2 Å². The fraction of sp³-hybridized carbons (Fsp3) is 0.190. The minimum absolute atomic E-state index is 0.0658. The molecule has 4 aromatic rings. The molecule has 0 saturated carbocycles. The first-order valence-electron chi connectivity index (χ1n) is 8.86. The normalized spacial score (nSPS) is 11.0. The van der Waals surface area contributed by atoms with Crippen LogP contribution < -0.4 is 0 Å². The first-order valence-corrected chi connectivity index (χ1v) is 8.86. The van der Waals surface area contributed by atoms with Gasteiger partial charge in [0.15, 0.2) is 5.76 Å². The van der Waals surface area contributed by atoms with Crippen LogP contribution in [0.25, 0.3) is 22.3 Å². The monoisotopic (exact) mass is 360 g/mol. The Morgan fingerprint density at radius 1 is 1.15 bits per heavy atom. The number of fused-ring (bicyclic) bond motifs is 1. The Bertz CT molecular complexity index is 1050. The van der Waals surface area contributed by atoms with E-state index >= 15 is 0 Å². The maximum atomic E-state index is 12.5. The predicted molar refractivity (Wildman–Crippen MR) is 103 cm³/mol. The number of pyridine rings is 1. The molecule has 136 valence electrons. The van der Waals surface area contributed by atoms with Crippen LogP contribution in [0.1, 0.15) is 17.7 Å². The first kappa shape index (κ1) is 17.0. The molecule has 0 aliphatic rings. The number of nitrogens with zero attached hydrogens (tertiary/aromatic N) is 3. The summed E-state index contributed by atoms with van der Waals surface area (Å²) in [5.74, 6) is 0.703. The minimum Gasteiger partial charge on any atom is -0.361 e. The molecule has 3 aromatic heterocycles. The summed E-state index contributed by atoms with van der Waals surface area (Å²) in [7, 11) is 1.78. The lowest BCUT2D eigenvalue weighted by molar-refractivity contribution is -0.130. The van der Waals surface area contributed by atoms with E-state index in [1.807, 2.05) is 48.7 Å². The molecule has 0 saturated heterocycles. The van der Waals surface area contributed by atoms with Crippen molar-refractivity contribution in [1.82, 2.24) is 20.0 Å². The summed E-state index contributed by atoms with van der Waals surface area (Å²) in [5.41, 5.74) is 3.67. The van der Waals surface area contributed by atoms with Crippen molar-refractivity contribution in [1.29, 1.82) is 0 Å². The molecule has 0 aliphatic heterocycles. The Labute approximate surface area is 156 Å². The van der Waals surface area contributed by atoms with Gasteiger partial charge in [0.05, 0.1) is 12.2 Å². The molecule has 1 aromatic carbocycles. The molecular formula is C21H20N4O2. The average Bonchev–Trinajstić information content (AvgIpc) is 3.34. The quantitative estimate of drug-likeness (QED) is 0.567. The van der Waals surface area contributed by atoms with Crippen LogP contribution in [-0.4, -0.2) is 33.0 Å². The van der Waals surface area contributed by atoms with Crippen molar-refractivity contribution < 1.29 is 9.32 Å². The highest BCUT2D eigenvalue weighted by molar-refractivity contribution is 5.84. The topological polar surface area (TPSA) is 75.0 Å². The number of hydrogen-bond donors (Lipinski definition) is 1. The molecule has 0 spiro atoms. The number of rotatable bonds is 6. The van der Waals surface area contributed by atoms with E-state index in [4.69, 9.17) is 4.52 Å². The number of carbonyl (C=O) groups excluding carboxylic acids is 1. The van der Waals surface area contributed by atoms with Crippen LogP contribution in [0, 0.1) is 0 Å². The Hall–Kier alpha value is -3.41. The van der Waals surface area contributed by atoms with Crippen molar-refractivity contribution in [2.24, 2.45) is 0 Å². The second kappa shape index (κ2) is 7.45. The number of aromatic nitrogens is 3. The molecule has 1 N–H and O–H groups in total. The average molecular weight is 360 g/mol. The van der Waals surface area contributed by atoms with Gasteiger partial charge in [0, 0.05) is 42.8 Å². The smallest absolute Gasteiger partial charge is 0.223 e. The SMILES string of the molecule is CN(Cc1cc(-c2ccccn2)no1)C(=O)CCc1c[nH]c2ccccc12. The van der Waals surface area contributed by atoms with E-state index in [9.17, 15) is 4.79 Å². The van der Waals surface area contributed by atoms with Gasteiger partial charge in [-0.1, -0.05) is 29.4 Å². The minimum atomic E-state index is 0.0658. The van der Waals surface area contributed by atoms with Crippen molar-refractivity contribution in [3.63, 3.8) is 0 Å². The van der Waals surface area contributed by atoms with Crippen LogP contribution in [0.3, 0.4) is 0 Å². The third kappa shape index (κ3) is 3.74.